The van der Waals surface area contributed by atoms with E-state index >= 15 is 0 Å². The monoisotopic (exact) mass is 330 g/mol. The van der Waals surface area contributed by atoms with E-state index in [0.29, 0.717) is 22.8 Å². The second-order valence-electron chi connectivity index (χ2n) is 5.58. The van der Waals surface area contributed by atoms with Gasteiger partial charge in [0.1, 0.15) is 11.6 Å². The molecule has 1 aliphatic rings. The van der Waals surface area contributed by atoms with Gasteiger partial charge in [-0.2, -0.15) is 5.26 Å². The van der Waals surface area contributed by atoms with Crippen molar-refractivity contribution in [2.75, 3.05) is 21.3 Å². The fourth-order valence-corrected chi connectivity index (χ4v) is 2.83. The molecule has 1 aromatic rings. The number of nitrogens with one attached hydrogen (secondary N) is 1. The second-order valence-corrected chi connectivity index (χ2v) is 5.58. The van der Waals surface area contributed by atoms with Crippen LogP contribution in [0.1, 0.15) is 31.2 Å². The first-order valence-electron chi connectivity index (χ1n) is 7.85. The Morgan fingerprint density at radius 1 is 1.17 bits per heavy atom. The van der Waals surface area contributed by atoms with Crippen LogP contribution in [0.3, 0.4) is 0 Å². The van der Waals surface area contributed by atoms with Gasteiger partial charge in [-0.15, -0.1) is 0 Å². The summed E-state index contributed by atoms with van der Waals surface area (Å²) < 4.78 is 15.8. The highest BCUT2D eigenvalue weighted by molar-refractivity contribution is 6.02. The normalized spacial score (nSPS) is 14.8. The Labute approximate surface area is 142 Å². The Kier molecular flexibility index (Phi) is 6.07. The summed E-state index contributed by atoms with van der Waals surface area (Å²) in [6.45, 7) is 0. The third kappa shape index (κ3) is 3.99. The van der Waals surface area contributed by atoms with Crippen LogP contribution >= 0.6 is 0 Å². The summed E-state index contributed by atoms with van der Waals surface area (Å²) in [7, 11) is 4.55. The molecule has 0 atom stereocenters. The van der Waals surface area contributed by atoms with Crippen molar-refractivity contribution in [2.45, 2.75) is 31.7 Å². The van der Waals surface area contributed by atoms with Crippen LogP contribution in [0, 0.1) is 11.3 Å². The van der Waals surface area contributed by atoms with Crippen LogP contribution in [0.4, 0.5) is 0 Å². The molecular formula is C18H22N2O4. The maximum atomic E-state index is 12.3. The number of hydrogen-bond acceptors (Lipinski definition) is 5. The molecule has 1 fully saturated rings. The van der Waals surface area contributed by atoms with Crippen LogP contribution in [-0.4, -0.2) is 33.3 Å². The number of amides is 1. The highest BCUT2D eigenvalue weighted by Crippen LogP contribution is 2.38. The molecule has 6 heteroatoms. The number of nitrogens with zero attached hydrogens (tertiary/aromatic N) is 1. The molecule has 0 heterocycles. The fourth-order valence-electron chi connectivity index (χ4n) is 2.83. The predicted molar refractivity (Wildman–Crippen MR) is 90.1 cm³/mol. The maximum absolute atomic E-state index is 12.3. The van der Waals surface area contributed by atoms with Crippen molar-refractivity contribution < 1.29 is 19.0 Å². The van der Waals surface area contributed by atoms with Gasteiger partial charge in [0.05, 0.1) is 21.3 Å². The van der Waals surface area contributed by atoms with E-state index in [-0.39, 0.29) is 17.5 Å². The Hall–Kier alpha value is -2.68. The summed E-state index contributed by atoms with van der Waals surface area (Å²) in [5, 5.41) is 12.2. The van der Waals surface area contributed by atoms with Gasteiger partial charge in [-0.05, 0) is 36.6 Å². The van der Waals surface area contributed by atoms with E-state index in [4.69, 9.17) is 14.2 Å². The van der Waals surface area contributed by atoms with Crippen molar-refractivity contribution >= 4 is 12.0 Å². The molecule has 0 aromatic heterocycles. The van der Waals surface area contributed by atoms with Gasteiger partial charge in [0.15, 0.2) is 11.5 Å². The van der Waals surface area contributed by atoms with E-state index in [1.54, 1.807) is 12.1 Å². The summed E-state index contributed by atoms with van der Waals surface area (Å²) in [6.07, 6.45) is 5.69. The number of carbonyl (C=O) groups excluding carboxylic acids is 1. The smallest absolute Gasteiger partial charge is 0.262 e. The zero-order valence-corrected chi connectivity index (χ0v) is 14.2. The topological polar surface area (TPSA) is 80.6 Å². The summed E-state index contributed by atoms with van der Waals surface area (Å²) in [5.41, 5.74) is 0.679. The number of methoxy groups -OCH3 is 3. The van der Waals surface area contributed by atoms with Crippen molar-refractivity contribution in [3.8, 4) is 23.3 Å². The molecule has 1 aromatic carbocycles. The van der Waals surface area contributed by atoms with E-state index in [2.05, 4.69) is 5.32 Å². The lowest BCUT2D eigenvalue weighted by Gasteiger charge is -2.13. The highest BCUT2D eigenvalue weighted by atomic mass is 16.5. The lowest BCUT2D eigenvalue weighted by molar-refractivity contribution is -0.117. The molecule has 1 amide bonds. The average Bonchev–Trinajstić information content (AvgIpc) is 3.11. The van der Waals surface area contributed by atoms with E-state index in [1.807, 2.05) is 6.07 Å². The minimum absolute atomic E-state index is 0.0520. The number of hydrogen-bond donors (Lipinski definition) is 1. The second kappa shape index (κ2) is 8.25. The number of carbonyl (C=O) groups is 1. The number of rotatable bonds is 6. The average molecular weight is 330 g/mol. The minimum Gasteiger partial charge on any atom is -0.493 e. The third-order valence-electron chi connectivity index (χ3n) is 4.05. The molecule has 0 unspecified atom stereocenters. The maximum Gasteiger partial charge on any atom is 0.262 e. The van der Waals surface area contributed by atoms with Gasteiger partial charge in [0.2, 0.25) is 5.75 Å². The van der Waals surface area contributed by atoms with E-state index in [9.17, 15) is 10.1 Å². The quantitative estimate of drug-likeness (QED) is 0.641. The van der Waals surface area contributed by atoms with Crippen LogP contribution in [0.5, 0.6) is 17.2 Å². The van der Waals surface area contributed by atoms with Gasteiger partial charge < -0.3 is 19.5 Å². The lowest BCUT2D eigenvalue weighted by atomic mass is 10.1. The minimum atomic E-state index is -0.349. The predicted octanol–water partition coefficient (Wildman–Crippen LogP) is 2.68. The Balaban J connectivity index is 2.29. The highest BCUT2D eigenvalue weighted by Gasteiger charge is 2.20. The van der Waals surface area contributed by atoms with Crippen LogP contribution in [0.15, 0.2) is 17.7 Å². The van der Waals surface area contributed by atoms with Gasteiger partial charge in [0.25, 0.3) is 5.91 Å². The standard InChI is InChI=1S/C18H22N2O4/c1-22-15-9-12(10-16(23-2)17(15)24-3)8-13(11-19)18(21)20-14-6-4-5-7-14/h8-10,14H,4-7H2,1-3H3,(H,20,21)/b13-8-. The SMILES string of the molecule is COc1cc(/C=C(/C#N)C(=O)NC2CCCC2)cc(OC)c1OC. The molecule has 128 valence electrons. The molecule has 0 aliphatic heterocycles. The molecule has 2 rings (SSSR count). The number of nitriles is 1. The molecule has 1 aliphatic carbocycles. The molecule has 0 bridgehead atoms. The van der Waals surface area contributed by atoms with Crippen molar-refractivity contribution in [2.24, 2.45) is 0 Å². The van der Waals surface area contributed by atoms with Crippen LogP contribution in [0.2, 0.25) is 0 Å². The molecule has 1 N–H and O–H groups in total. The largest absolute Gasteiger partial charge is 0.493 e. The lowest BCUT2D eigenvalue weighted by Crippen LogP contribution is -2.33. The summed E-state index contributed by atoms with van der Waals surface area (Å²) >= 11 is 0. The molecule has 24 heavy (non-hydrogen) atoms. The van der Waals surface area contributed by atoms with E-state index in [0.717, 1.165) is 25.7 Å². The molecule has 1 saturated carbocycles. The molecule has 0 saturated heterocycles. The first-order chi connectivity index (χ1) is 11.6. The van der Waals surface area contributed by atoms with E-state index < -0.39 is 0 Å². The Morgan fingerprint density at radius 2 is 1.75 bits per heavy atom. The third-order valence-corrected chi connectivity index (χ3v) is 4.05. The number of ether oxygens (including phenoxy) is 3. The van der Waals surface area contributed by atoms with Gasteiger partial charge in [-0.25, -0.2) is 0 Å². The van der Waals surface area contributed by atoms with Crippen molar-refractivity contribution in [3.05, 3.63) is 23.3 Å². The van der Waals surface area contributed by atoms with Crippen molar-refractivity contribution in [1.82, 2.24) is 5.32 Å². The molecule has 6 nitrogen and oxygen atoms in total. The molecule has 0 radical (unpaired) electrons. The Bertz CT molecular complexity index is 645. The molecular weight excluding hydrogens is 308 g/mol. The van der Waals surface area contributed by atoms with E-state index in [1.165, 1.54) is 27.4 Å². The summed E-state index contributed by atoms with van der Waals surface area (Å²) in [4.78, 5) is 12.3. The number of benzene rings is 1. The summed E-state index contributed by atoms with van der Waals surface area (Å²) in [5.74, 6) is 1.05. The van der Waals surface area contributed by atoms with Crippen molar-refractivity contribution in [3.63, 3.8) is 0 Å². The summed E-state index contributed by atoms with van der Waals surface area (Å²) in [6, 6.07) is 5.52. The Morgan fingerprint density at radius 3 is 2.21 bits per heavy atom. The van der Waals surface area contributed by atoms with Crippen LogP contribution in [0.25, 0.3) is 6.08 Å². The van der Waals surface area contributed by atoms with Crippen LogP contribution < -0.4 is 19.5 Å². The van der Waals surface area contributed by atoms with Crippen LogP contribution in [-0.2, 0) is 4.79 Å². The molecule has 0 spiro atoms. The zero-order valence-electron chi connectivity index (χ0n) is 14.2. The first-order valence-corrected chi connectivity index (χ1v) is 7.85. The van der Waals surface area contributed by atoms with Gasteiger partial charge >= 0.3 is 0 Å². The van der Waals surface area contributed by atoms with Gasteiger partial charge in [0, 0.05) is 6.04 Å². The fraction of sp³-hybridized carbons (Fsp3) is 0.444. The zero-order chi connectivity index (χ0) is 17.5. The van der Waals surface area contributed by atoms with Gasteiger partial charge in [-0.1, -0.05) is 12.8 Å². The first kappa shape index (κ1) is 17.7. The van der Waals surface area contributed by atoms with Gasteiger partial charge in [-0.3, -0.25) is 4.79 Å². The van der Waals surface area contributed by atoms with Crippen molar-refractivity contribution in [1.29, 1.82) is 5.26 Å².